The summed E-state index contributed by atoms with van der Waals surface area (Å²) in [5.41, 5.74) is 5.87. The molecule has 17 heavy (non-hydrogen) atoms. The normalized spacial score (nSPS) is 22.6. The van der Waals surface area contributed by atoms with Gasteiger partial charge in [-0.2, -0.15) is 0 Å². The summed E-state index contributed by atoms with van der Waals surface area (Å²) in [7, 11) is 0. The third-order valence-electron chi connectivity index (χ3n) is 3.16. The van der Waals surface area contributed by atoms with E-state index < -0.39 is 0 Å². The van der Waals surface area contributed by atoms with E-state index in [9.17, 15) is 4.79 Å². The highest BCUT2D eigenvalue weighted by atomic mass is 32.1. The fourth-order valence-electron chi connectivity index (χ4n) is 2.40. The average molecular weight is 253 g/mol. The molecule has 2 unspecified atom stereocenters. The summed E-state index contributed by atoms with van der Waals surface area (Å²) in [5.74, 6) is 0.0530. The number of amides is 1. The number of likely N-dealkylation sites (tertiary alicyclic amines) is 1. The number of nitrogens with zero attached hydrogens (tertiary/aromatic N) is 1. The van der Waals surface area contributed by atoms with Crippen LogP contribution in [-0.2, 0) is 4.79 Å². The molecule has 2 rings (SSSR count). The second-order valence-electron chi connectivity index (χ2n) is 4.45. The number of thiophene rings is 1. The summed E-state index contributed by atoms with van der Waals surface area (Å²) in [6.07, 6.45) is 1.02. The predicted molar refractivity (Wildman–Crippen MR) is 69.9 cm³/mol. The lowest BCUT2D eigenvalue weighted by atomic mass is 10.2. The van der Waals surface area contributed by atoms with Crippen LogP contribution in [0, 0.1) is 0 Å². The van der Waals surface area contributed by atoms with Crippen LogP contribution in [0.1, 0.15) is 24.3 Å². The van der Waals surface area contributed by atoms with E-state index in [1.54, 1.807) is 18.3 Å². The zero-order valence-corrected chi connectivity index (χ0v) is 10.9. The van der Waals surface area contributed by atoms with Gasteiger partial charge in [-0.15, -0.1) is 11.3 Å². The smallest absolute Gasteiger partial charge is 0.217 e. The topological polar surface area (TPSA) is 58.4 Å². The Hall–Kier alpha value is -0.910. The monoisotopic (exact) mass is 253 g/mol. The first-order valence-corrected chi connectivity index (χ1v) is 6.83. The zero-order valence-electron chi connectivity index (χ0n) is 10.1. The lowest BCUT2D eigenvalue weighted by Gasteiger charge is -2.25. The molecule has 1 aliphatic rings. The highest BCUT2D eigenvalue weighted by molar-refractivity contribution is 7.10. The Morgan fingerprint density at radius 3 is 3.18 bits per heavy atom. The van der Waals surface area contributed by atoms with Crippen LogP contribution in [0.3, 0.4) is 0 Å². The lowest BCUT2D eigenvalue weighted by Crippen LogP contribution is -2.37. The van der Waals surface area contributed by atoms with Gasteiger partial charge in [0.05, 0.1) is 6.04 Å². The largest absolute Gasteiger partial charge is 0.352 e. The molecule has 0 bridgehead atoms. The van der Waals surface area contributed by atoms with Crippen molar-refractivity contribution in [3.63, 3.8) is 0 Å². The molecular weight excluding hydrogens is 234 g/mol. The molecule has 1 aromatic heterocycles. The standard InChI is InChI=1S/C12H19N3OS/c1-9(16)14-10-4-5-15(8-10)11(7-13)12-3-2-6-17-12/h2-3,6,10-11H,4-5,7-8,13H2,1H3,(H,14,16). The Bertz CT molecular complexity index is 366. The van der Waals surface area contributed by atoms with Crippen LogP contribution >= 0.6 is 11.3 Å². The molecule has 1 amide bonds. The molecule has 4 nitrogen and oxygen atoms in total. The summed E-state index contributed by atoms with van der Waals surface area (Å²) >= 11 is 1.75. The Morgan fingerprint density at radius 1 is 1.76 bits per heavy atom. The van der Waals surface area contributed by atoms with Gasteiger partial charge in [0.1, 0.15) is 0 Å². The molecule has 5 heteroatoms. The number of hydrogen-bond donors (Lipinski definition) is 2. The molecular formula is C12H19N3OS. The van der Waals surface area contributed by atoms with Gasteiger partial charge in [-0.3, -0.25) is 9.69 Å². The predicted octanol–water partition coefficient (Wildman–Crippen LogP) is 0.958. The van der Waals surface area contributed by atoms with Crippen LogP contribution in [0.4, 0.5) is 0 Å². The van der Waals surface area contributed by atoms with Crippen molar-refractivity contribution in [1.29, 1.82) is 0 Å². The molecule has 2 heterocycles. The molecule has 0 spiro atoms. The minimum atomic E-state index is 0.0530. The second kappa shape index (κ2) is 5.62. The fraction of sp³-hybridized carbons (Fsp3) is 0.583. The van der Waals surface area contributed by atoms with E-state index in [2.05, 4.69) is 27.7 Å². The highest BCUT2D eigenvalue weighted by Crippen LogP contribution is 2.27. The number of carbonyl (C=O) groups is 1. The van der Waals surface area contributed by atoms with E-state index >= 15 is 0 Å². The van der Waals surface area contributed by atoms with Crippen LogP contribution in [0.25, 0.3) is 0 Å². The third kappa shape index (κ3) is 3.06. The molecule has 0 aliphatic carbocycles. The molecule has 0 saturated carbocycles. The number of nitrogens with one attached hydrogen (secondary N) is 1. The summed E-state index contributed by atoms with van der Waals surface area (Å²) in [5, 5.41) is 5.06. The number of carbonyl (C=O) groups excluding carboxylic acids is 1. The first-order chi connectivity index (χ1) is 8.20. The lowest BCUT2D eigenvalue weighted by molar-refractivity contribution is -0.119. The van der Waals surface area contributed by atoms with Gasteiger partial charge in [0.25, 0.3) is 0 Å². The Labute approximate surface area is 106 Å². The quantitative estimate of drug-likeness (QED) is 0.840. The van der Waals surface area contributed by atoms with Crippen LogP contribution in [0.2, 0.25) is 0 Å². The molecule has 1 saturated heterocycles. The Balaban J connectivity index is 1.96. The van der Waals surface area contributed by atoms with Crippen LogP contribution in [-0.4, -0.2) is 36.5 Å². The van der Waals surface area contributed by atoms with E-state index in [-0.39, 0.29) is 11.9 Å². The Kier molecular flexibility index (Phi) is 4.15. The fourth-order valence-corrected chi connectivity index (χ4v) is 3.28. The van der Waals surface area contributed by atoms with E-state index in [1.807, 2.05) is 0 Å². The van der Waals surface area contributed by atoms with Crippen molar-refractivity contribution in [1.82, 2.24) is 10.2 Å². The van der Waals surface area contributed by atoms with Gasteiger partial charge >= 0.3 is 0 Å². The minimum Gasteiger partial charge on any atom is -0.352 e. The maximum atomic E-state index is 11.0. The maximum Gasteiger partial charge on any atom is 0.217 e. The van der Waals surface area contributed by atoms with Crippen LogP contribution < -0.4 is 11.1 Å². The van der Waals surface area contributed by atoms with Gasteiger partial charge in [-0.05, 0) is 17.9 Å². The molecule has 1 aliphatic heterocycles. The summed E-state index contributed by atoms with van der Waals surface area (Å²) in [4.78, 5) is 14.7. The molecule has 1 aromatic rings. The van der Waals surface area contributed by atoms with Crippen molar-refractivity contribution >= 4 is 17.2 Å². The van der Waals surface area contributed by atoms with Gasteiger partial charge in [0, 0.05) is 37.5 Å². The van der Waals surface area contributed by atoms with Gasteiger partial charge < -0.3 is 11.1 Å². The van der Waals surface area contributed by atoms with Gasteiger partial charge in [-0.1, -0.05) is 6.07 Å². The van der Waals surface area contributed by atoms with Crippen molar-refractivity contribution < 1.29 is 4.79 Å². The average Bonchev–Trinajstić information content (AvgIpc) is 2.90. The Morgan fingerprint density at radius 2 is 2.59 bits per heavy atom. The molecule has 0 radical (unpaired) electrons. The van der Waals surface area contributed by atoms with Gasteiger partial charge in [0.2, 0.25) is 5.91 Å². The number of nitrogens with two attached hydrogens (primary N) is 1. The zero-order chi connectivity index (χ0) is 12.3. The van der Waals surface area contributed by atoms with Crippen LogP contribution in [0.5, 0.6) is 0 Å². The van der Waals surface area contributed by atoms with Gasteiger partial charge in [-0.25, -0.2) is 0 Å². The highest BCUT2D eigenvalue weighted by Gasteiger charge is 2.29. The minimum absolute atomic E-state index is 0.0530. The molecule has 1 fully saturated rings. The van der Waals surface area contributed by atoms with E-state index in [1.165, 1.54) is 4.88 Å². The summed E-state index contributed by atoms with van der Waals surface area (Å²) in [6.45, 7) is 4.11. The van der Waals surface area contributed by atoms with E-state index in [0.717, 1.165) is 19.5 Å². The van der Waals surface area contributed by atoms with Crippen molar-refractivity contribution in [2.24, 2.45) is 5.73 Å². The van der Waals surface area contributed by atoms with E-state index in [0.29, 0.717) is 12.6 Å². The van der Waals surface area contributed by atoms with Crippen molar-refractivity contribution in [2.75, 3.05) is 19.6 Å². The third-order valence-corrected chi connectivity index (χ3v) is 4.14. The molecule has 3 N–H and O–H groups in total. The molecule has 2 atom stereocenters. The molecule has 0 aromatic carbocycles. The van der Waals surface area contributed by atoms with Gasteiger partial charge in [0.15, 0.2) is 0 Å². The maximum absolute atomic E-state index is 11.0. The first kappa shape index (κ1) is 12.5. The van der Waals surface area contributed by atoms with Crippen molar-refractivity contribution in [3.8, 4) is 0 Å². The molecule has 94 valence electrons. The van der Waals surface area contributed by atoms with Crippen LogP contribution in [0.15, 0.2) is 17.5 Å². The number of rotatable bonds is 4. The van der Waals surface area contributed by atoms with E-state index in [4.69, 9.17) is 5.73 Å². The second-order valence-corrected chi connectivity index (χ2v) is 5.43. The number of hydrogen-bond acceptors (Lipinski definition) is 4. The SMILES string of the molecule is CC(=O)NC1CCN(C(CN)c2cccs2)C1. The summed E-state index contributed by atoms with van der Waals surface area (Å²) in [6, 6.07) is 4.77. The summed E-state index contributed by atoms with van der Waals surface area (Å²) < 4.78 is 0. The first-order valence-electron chi connectivity index (χ1n) is 5.95. The van der Waals surface area contributed by atoms with Crippen molar-refractivity contribution in [3.05, 3.63) is 22.4 Å². The van der Waals surface area contributed by atoms with Crippen molar-refractivity contribution in [2.45, 2.75) is 25.4 Å².